The largest absolute Gasteiger partial charge is 0.345 e. The first kappa shape index (κ1) is 19.4. The van der Waals surface area contributed by atoms with Crippen LogP contribution >= 0.6 is 0 Å². The normalized spacial score (nSPS) is 16.2. The molecule has 0 spiro atoms. The molecule has 1 atom stereocenters. The lowest BCUT2D eigenvalue weighted by atomic mass is 9.87. The summed E-state index contributed by atoms with van der Waals surface area (Å²) in [6.45, 7) is 5.36. The Labute approximate surface area is 151 Å². The van der Waals surface area contributed by atoms with Crippen molar-refractivity contribution < 1.29 is 9.59 Å². The maximum absolute atomic E-state index is 12.4. The Hall–Kier alpha value is -1.88. The van der Waals surface area contributed by atoms with Gasteiger partial charge < -0.3 is 16.0 Å². The summed E-state index contributed by atoms with van der Waals surface area (Å²) in [6, 6.07) is 7.20. The van der Waals surface area contributed by atoms with Crippen molar-refractivity contribution in [1.29, 1.82) is 0 Å². The van der Waals surface area contributed by atoms with Crippen molar-refractivity contribution in [1.82, 2.24) is 10.6 Å². The monoisotopic (exact) mass is 345 g/mol. The lowest BCUT2D eigenvalue weighted by molar-refractivity contribution is -0.126. The van der Waals surface area contributed by atoms with Crippen molar-refractivity contribution in [2.75, 3.05) is 11.9 Å². The zero-order valence-corrected chi connectivity index (χ0v) is 15.4. The van der Waals surface area contributed by atoms with E-state index in [1.807, 2.05) is 31.2 Å². The van der Waals surface area contributed by atoms with E-state index >= 15 is 0 Å². The van der Waals surface area contributed by atoms with Gasteiger partial charge in [-0.25, -0.2) is 0 Å². The lowest BCUT2D eigenvalue weighted by Gasteiger charge is -2.22. The maximum atomic E-state index is 12.4. The van der Waals surface area contributed by atoms with Crippen LogP contribution in [0.4, 0.5) is 5.69 Å². The van der Waals surface area contributed by atoms with Crippen LogP contribution in [0.15, 0.2) is 24.3 Å². The van der Waals surface area contributed by atoms with Gasteiger partial charge in [0, 0.05) is 18.7 Å². The molecule has 1 fully saturated rings. The van der Waals surface area contributed by atoms with Gasteiger partial charge in [-0.05, 0) is 43.9 Å². The Morgan fingerprint density at radius 1 is 1.16 bits per heavy atom. The van der Waals surface area contributed by atoms with Gasteiger partial charge in [0.1, 0.15) is 6.04 Å². The molecule has 1 aromatic carbocycles. The third kappa shape index (κ3) is 6.50. The first-order chi connectivity index (χ1) is 12.1. The molecule has 138 valence electrons. The van der Waals surface area contributed by atoms with Crippen molar-refractivity contribution in [3.8, 4) is 0 Å². The van der Waals surface area contributed by atoms with Crippen LogP contribution in [0.2, 0.25) is 0 Å². The summed E-state index contributed by atoms with van der Waals surface area (Å²) in [7, 11) is 0. The minimum Gasteiger partial charge on any atom is -0.345 e. The number of anilines is 1. The van der Waals surface area contributed by atoms with E-state index in [9.17, 15) is 9.59 Å². The third-order valence-electron chi connectivity index (χ3n) is 4.81. The highest BCUT2D eigenvalue weighted by Crippen LogP contribution is 2.26. The number of para-hydroxylation sites is 1. The summed E-state index contributed by atoms with van der Waals surface area (Å²) >= 11 is 0. The quantitative estimate of drug-likeness (QED) is 0.677. The second-order valence-electron chi connectivity index (χ2n) is 6.92. The standard InChI is InChI=1S/C20H31N3O2/c1-3-21-14-17-11-7-8-12-18(17)23-20(25)15(2)22-19(24)13-16-9-5-4-6-10-16/h7-8,11-12,15-16,21H,3-6,9-10,13-14H2,1-2H3,(H,22,24)(H,23,25). The highest BCUT2D eigenvalue weighted by molar-refractivity contribution is 5.97. The van der Waals surface area contributed by atoms with Gasteiger partial charge in [0.05, 0.1) is 0 Å². The van der Waals surface area contributed by atoms with Crippen molar-refractivity contribution in [3.05, 3.63) is 29.8 Å². The fraction of sp³-hybridized carbons (Fsp3) is 0.600. The minimum atomic E-state index is -0.539. The molecule has 1 saturated carbocycles. The van der Waals surface area contributed by atoms with Gasteiger partial charge in [0.2, 0.25) is 11.8 Å². The highest BCUT2D eigenvalue weighted by atomic mass is 16.2. The molecule has 0 heterocycles. The number of nitrogens with one attached hydrogen (secondary N) is 3. The zero-order valence-electron chi connectivity index (χ0n) is 15.4. The van der Waals surface area contributed by atoms with Crippen molar-refractivity contribution in [2.45, 2.75) is 65.0 Å². The Morgan fingerprint density at radius 2 is 1.88 bits per heavy atom. The van der Waals surface area contributed by atoms with E-state index in [0.29, 0.717) is 18.9 Å². The number of amides is 2. The SMILES string of the molecule is CCNCc1ccccc1NC(=O)C(C)NC(=O)CC1CCCCC1. The first-order valence-electron chi connectivity index (χ1n) is 9.49. The van der Waals surface area contributed by atoms with Crippen LogP contribution in [0.5, 0.6) is 0 Å². The summed E-state index contributed by atoms with van der Waals surface area (Å²) in [5.74, 6) is 0.279. The van der Waals surface area contributed by atoms with Crippen molar-refractivity contribution in [3.63, 3.8) is 0 Å². The van der Waals surface area contributed by atoms with Crippen molar-refractivity contribution >= 4 is 17.5 Å². The summed E-state index contributed by atoms with van der Waals surface area (Å²) < 4.78 is 0. The molecule has 1 aromatic rings. The molecule has 0 aromatic heterocycles. The summed E-state index contributed by atoms with van der Waals surface area (Å²) in [4.78, 5) is 24.6. The van der Waals surface area contributed by atoms with E-state index in [0.717, 1.165) is 30.6 Å². The Balaban J connectivity index is 1.84. The third-order valence-corrected chi connectivity index (χ3v) is 4.81. The molecular weight excluding hydrogens is 314 g/mol. The first-order valence-corrected chi connectivity index (χ1v) is 9.49. The van der Waals surface area contributed by atoms with Gasteiger partial charge in [-0.2, -0.15) is 0 Å². The number of rotatable bonds is 8. The average molecular weight is 345 g/mol. The fourth-order valence-corrected chi connectivity index (χ4v) is 3.32. The van der Waals surface area contributed by atoms with E-state index in [1.54, 1.807) is 6.92 Å². The number of carbonyl (C=O) groups excluding carboxylic acids is 2. The van der Waals surface area contributed by atoms with Gasteiger partial charge in [0.15, 0.2) is 0 Å². The van der Waals surface area contributed by atoms with Crippen LogP contribution < -0.4 is 16.0 Å². The average Bonchev–Trinajstić information content (AvgIpc) is 2.61. The minimum absolute atomic E-state index is 0.0181. The molecule has 25 heavy (non-hydrogen) atoms. The summed E-state index contributed by atoms with van der Waals surface area (Å²) in [5, 5.41) is 9.04. The molecule has 2 amide bonds. The van der Waals surface area contributed by atoms with E-state index in [2.05, 4.69) is 16.0 Å². The second kappa shape index (κ2) is 10.2. The Morgan fingerprint density at radius 3 is 2.60 bits per heavy atom. The molecule has 2 rings (SSSR count). The van der Waals surface area contributed by atoms with Gasteiger partial charge in [-0.15, -0.1) is 0 Å². The van der Waals surface area contributed by atoms with E-state index in [-0.39, 0.29) is 11.8 Å². The fourth-order valence-electron chi connectivity index (χ4n) is 3.32. The van der Waals surface area contributed by atoms with Gasteiger partial charge in [0.25, 0.3) is 0 Å². The second-order valence-corrected chi connectivity index (χ2v) is 6.92. The van der Waals surface area contributed by atoms with Crippen LogP contribution in [-0.2, 0) is 16.1 Å². The molecule has 5 heteroatoms. The van der Waals surface area contributed by atoms with Gasteiger partial charge in [-0.1, -0.05) is 44.4 Å². The van der Waals surface area contributed by atoms with Crippen LogP contribution in [0, 0.1) is 5.92 Å². The van der Waals surface area contributed by atoms with E-state index < -0.39 is 6.04 Å². The van der Waals surface area contributed by atoms with Crippen LogP contribution in [-0.4, -0.2) is 24.4 Å². The van der Waals surface area contributed by atoms with E-state index in [1.165, 1.54) is 19.3 Å². The Bertz CT molecular complexity index is 568. The lowest BCUT2D eigenvalue weighted by Crippen LogP contribution is -2.42. The van der Waals surface area contributed by atoms with Crippen LogP contribution in [0.1, 0.15) is 57.9 Å². The maximum Gasteiger partial charge on any atom is 0.246 e. The molecular formula is C20H31N3O2. The molecule has 0 bridgehead atoms. The topological polar surface area (TPSA) is 70.2 Å². The molecule has 1 aliphatic rings. The predicted molar refractivity (Wildman–Crippen MR) is 101 cm³/mol. The molecule has 1 unspecified atom stereocenters. The number of hydrogen-bond donors (Lipinski definition) is 3. The van der Waals surface area contributed by atoms with Crippen molar-refractivity contribution in [2.24, 2.45) is 5.92 Å². The number of carbonyl (C=O) groups is 2. The number of benzene rings is 1. The molecule has 3 N–H and O–H groups in total. The predicted octanol–water partition coefficient (Wildman–Crippen LogP) is 3.21. The number of hydrogen-bond acceptors (Lipinski definition) is 3. The zero-order chi connectivity index (χ0) is 18.1. The molecule has 0 aliphatic heterocycles. The van der Waals surface area contributed by atoms with Crippen LogP contribution in [0.3, 0.4) is 0 Å². The molecule has 0 saturated heterocycles. The highest BCUT2D eigenvalue weighted by Gasteiger charge is 2.21. The summed E-state index contributed by atoms with van der Waals surface area (Å²) in [6.07, 6.45) is 6.52. The summed E-state index contributed by atoms with van der Waals surface area (Å²) in [5.41, 5.74) is 1.83. The van der Waals surface area contributed by atoms with Gasteiger partial charge >= 0.3 is 0 Å². The van der Waals surface area contributed by atoms with Gasteiger partial charge in [-0.3, -0.25) is 9.59 Å². The molecule has 0 radical (unpaired) electrons. The van der Waals surface area contributed by atoms with Crippen LogP contribution in [0.25, 0.3) is 0 Å². The molecule has 1 aliphatic carbocycles. The smallest absolute Gasteiger partial charge is 0.246 e. The van der Waals surface area contributed by atoms with E-state index in [4.69, 9.17) is 0 Å². The Kier molecular flexibility index (Phi) is 7.92. The molecule has 5 nitrogen and oxygen atoms in total.